The van der Waals surface area contributed by atoms with Crippen LogP contribution in [-0.4, -0.2) is 42.1 Å². The van der Waals surface area contributed by atoms with Gasteiger partial charge in [0.1, 0.15) is 0 Å². The molecule has 0 fully saturated rings. The number of hydrogen-bond donors (Lipinski definition) is 0. The number of benzene rings is 2. The SMILES string of the molecule is CCOC(=O)c1c(C)c(C)nn1-c1cccc(C(=O)N(C)c2ccc3c(c2)OCO3)c1. The number of carbonyl (C=O) groups is 2. The van der Waals surface area contributed by atoms with E-state index in [9.17, 15) is 9.59 Å². The van der Waals surface area contributed by atoms with Crippen LogP contribution in [0.15, 0.2) is 42.5 Å². The number of ether oxygens (including phenoxy) is 3. The highest BCUT2D eigenvalue weighted by molar-refractivity contribution is 6.06. The van der Waals surface area contributed by atoms with Gasteiger partial charge in [-0.1, -0.05) is 6.07 Å². The smallest absolute Gasteiger partial charge is 0.357 e. The highest BCUT2D eigenvalue weighted by Crippen LogP contribution is 2.35. The quantitative estimate of drug-likeness (QED) is 0.585. The molecule has 3 aromatic rings. The number of aryl methyl sites for hydroxylation is 1. The van der Waals surface area contributed by atoms with E-state index in [-0.39, 0.29) is 19.3 Å². The molecule has 8 nitrogen and oxygen atoms in total. The van der Waals surface area contributed by atoms with Crippen molar-refractivity contribution >= 4 is 17.6 Å². The van der Waals surface area contributed by atoms with Gasteiger partial charge >= 0.3 is 5.97 Å². The lowest BCUT2D eigenvalue weighted by Crippen LogP contribution is -2.26. The Labute approximate surface area is 179 Å². The Morgan fingerprint density at radius 1 is 1.13 bits per heavy atom. The molecule has 0 spiro atoms. The van der Waals surface area contributed by atoms with Crippen LogP contribution in [0.25, 0.3) is 5.69 Å². The molecule has 1 aromatic heterocycles. The zero-order chi connectivity index (χ0) is 22.1. The molecule has 1 aliphatic heterocycles. The summed E-state index contributed by atoms with van der Waals surface area (Å²) in [6, 6.07) is 12.3. The van der Waals surface area contributed by atoms with Crippen molar-refractivity contribution in [3.63, 3.8) is 0 Å². The van der Waals surface area contributed by atoms with Gasteiger partial charge in [0.15, 0.2) is 17.2 Å². The first kappa shape index (κ1) is 20.5. The second-order valence-corrected chi connectivity index (χ2v) is 7.14. The number of anilines is 1. The van der Waals surface area contributed by atoms with Gasteiger partial charge < -0.3 is 19.1 Å². The highest BCUT2D eigenvalue weighted by Gasteiger charge is 2.23. The van der Waals surface area contributed by atoms with Crippen LogP contribution in [0.1, 0.15) is 39.0 Å². The Morgan fingerprint density at radius 3 is 2.68 bits per heavy atom. The normalized spacial score (nSPS) is 12.0. The number of amides is 1. The van der Waals surface area contributed by atoms with Crippen LogP contribution in [0, 0.1) is 13.8 Å². The molecule has 1 aliphatic rings. The summed E-state index contributed by atoms with van der Waals surface area (Å²) >= 11 is 0. The van der Waals surface area contributed by atoms with E-state index in [4.69, 9.17) is 14.2 Å². The number of carbonyl (C=O) groups excluding carboxylic acids is 2. The van der Waals surface area contributed by atoms with Gasteiger partial charge in [-0.2, -0.15) is 5.10 Å². The summed E-state index contributed by atoms with van der Waals surface area (Å²) in [7, 11) is 1.69. The van der Waals surface area contributed by atoms with Gasteiger partial charge in [-0.3, -0.25) is 4.79 Å². The van der Waals surface area contributed by atoms with Crippen molar-refractivity contribution in [3.8, 4) is 17.2 Å². The van der Waals surface area contributed by atoms with Crippen LogP contribution in [-0.2, 0) is 4.74 Å². The van der Waals surface area contributed by atoms with E-state index in [2.05, 4.69) is 5.10 Å². The Bertz CT molecular complexity index is 1170. The van der Waals surface area contributed by atoms with E-state index in [0.717, 1.165) is 11.3 Å². The van der Waals surface area contributed by atoms with E-state index in [0.29, 0.717) is 34.1 Å². The third kappa shape index (κ3) is 3.72. The number of fused-ring (bicyclic) bond motifs is 1. The van der Waals surface area contributed by atoms with Gasteiger partial charge in [0.25, 0.3) is 5.91 Å². The van der Waals surface area contributed by atoms with Gasteiger partial charge in [0, 0.05) is 29.9 Å². The monoisotopic (exact) mass is 421 g/mol. The molecule has 8 heteroatoms. The first-order valence-electron chi connectivity index (χ1n) is 9.92. The second kappa shape index (κ2) is 8.14. The summed E-state index contributed by atoms with van der Waals surface area (Å²) in [5.74, 6) is 0.601. The standard InChI is InChI=1S/C23H23N3O5/c1-5-29-23(28)21-14(2)15(3)24-26(21)18-8-6-7-16(11-18)22(27)25(4)17-9-10-19-20(12-17)31-13-30-19/h6-12H,5,13H2,1-4H3. The second-order valence-electron chi connectivity index (χ2n) is 7.14. The van der Waals surface area contributed by atoms with E-state index in [1.807, 2.05) is 13.8 Å². The molecule has 0 atom stereocenters. The maximum Gasteiger partial charge on any atom is 0.357 e. The minimum Gasteiger partial charge on any atom is -0.461 e. The minimum absolute atomic E-state index is 0.171. The summed E-state index contributed by atoms with van der Waals surface area (Å²) in [6.07, 6.45) is 0. The largest absolute Gasteiger partial charge is 0.461 e. The lowest BCUT2D eigenvalue weighted by molar-refractivity contribution is 0.0514. The van der Waals surface area contributed by atoms with Crippen molar-refractivity contribution < 1.29 is 23.8 Å². The topological polar surface area (TPSA) is 82.9 Å². The van der Waals surface area contributed by atoms with Gasteiger partial charge in [-0.25, -0.2) is 9.48 Å². The Morgan fingerprint density at radius 2 is 1.90 bits per heavy atom. The number of nitrogens with zero attached hydrogens (tertiary/aromatic N) is 3. The molecule has 2 heterocycles. The Hall–Kier alpha value is -3.81. The van der Waals surface area contributed by atoms with E-state index >= 15 is 0 Å². The van der Waals surface area contributed by atoms with Crippen molar-refractivity contribution in [3.05, 3.63) is 65.0 Å². The molecule has 0 radical (unpaired) electrons. The fourth-order valence-corrected chi connectivity index (χ4v) is 3.41. The predicted octanol–water partition coefficient (Wildman–Crippen LogP) is 3.67. The zero-order valence-electron chi connectivity index (χ0n) is 17.8. The third-order valence-electron chi connectivity index (χ3n) is 5.21. The van der Waals surface area contributed by atoms with Crippen molar-refractivity contribution in [1.29, 1.82) is 0 Å². The van der Waals surface area contributed by atoms with Gasteiger partial charge in [0.05, 0.1) is 18.0 Å². The Balaban J connectivity index is 1.67. The van der Waals surface area contributed by atoms with Crippen LogP contribution < -0.4 is 14.4 Å². The molecule has 0 bridgehead atoms. The molecule has 160 valence electrons. The van der Waals surface area contributed by atoms with Crippen molar-refractivity contribution in [1.82, 2.24) is 9.78 Å². The van der Waals surface area contributed by atoms with E-state index in [1.165, 1.54) is 9.58 Å². The average molecular weight is 421 g/mol. The molecule has 0 N–H and O–H groups in total. The van der Waals surface area contributed by atoms with Crippen molar-refractivity contribution in [2.75, 3.05) is 25.3 Å². The van der Waals surface area contributed by atoms with E-state index < -0.39 is 5.97 Å². The molecular formula is C23H23N3O5. The number of rotatable bonds is 5. The molecule has 1 amide bonds. The van der Waals surface area contributed by atoms with E-state index in [1.54, 1.807) is 56.4 Å². The number of esters is 1. The molecule has 0 saturated carbocycles. The fourth-order valence-electron chi connectivity index (χ4n) is 3.41. The molecule has 0 unspecified atom stereocenters. The maximum atomic E-state index is 13.2. The minimum atomic E-state index is -0.449. The highest BCUT2D eigenvalue weighted by atomic mass is 16.7. The van der Waals surface area contributed by atoms with Crippen LogP contribution >= 0.6 is 0 Å². The number of aromatic nitrogens is 2. The molecule has 2 aromatic carbocycles. The molecule has 4 rings (SSSR count). The predicted molar refractivity (Wildman–Crippen MR) is 114 cm³/mol. The molecule has 31 heavy (non-hydrogen) atoms. The van der Waals surface area contributed by atoms with Crippen molar-refractivity contribution in [2.45, 2.75) is 20.8 Å². The first-order valence-corrected chi connectivity index (χ1v) is 9.92. The van der Waals surface area contributed by atoms with Gasteiger partial charge in [-0.05, 0) is 51.1 Å². The van der Waals surface area contributed by atoms with Crippen LogP contribution in [0.3, 0.4) is 0 Å². The number of hydrogen-bond acceptors (Lipinski definition) is 6. The lowest BCUT2D eigenvalue weighted by Gasteiger charge is -2.18. The molecule has 0 aliphatic carbocycles. The van der Waals surface area contributed by atoms with Gasteiger partial charge in [0.2, 0.25) is 6.79 Å². The summed E-state index contributed by atoms with van der Waals surface area (Å²) in [6.45, 7) is 5.85. The first-order chi connectivity index (χ1) is 14.9. The third-order valence-corrected chi connectivity index (χ3v) is 5.21. The van der Waals surface area contributed by atoms with Crippen LogP contribution in [0.4, 0.5) is 5.69 Å². The fraction of sp³-hybridized carbons (Fsp3) is 0.261. The maximum absolute atomic E-state index is 13.2. The van der Waals surface area contributed by atoms with Crippen LogP contribution in [0.5, 0.6) is 11.5 Å². The zero-order valence-corrected chi connectivity index (χ0v) is 17.8. The molecular weight excluding hydrogens is 398 g/mol. The van der Waals surface area contributed by atoms with Crippen LogP contribution in [0.2, 0.25) is 0 Å². The summed E-state index contributed by atoms with van der Waals surface area (Å²) in [5.41, 5.74) is 3.55. The Kier molecular flexibility index (Phi) is 5.37. The summed E-state index contributed by atoms with van der Waals surface area (Å²) in [4.78, 5) is 27.2. The molecule has 0 saturated heterocycles. The summed E-state index contributed by atoms with van der Waals surface area (Å²) < 4.78 is 17.5. The average Bonchev–Trinajstić information content (AvgIpc) is 3.36. The van der Waals surface area contributed by atoms with Crippen molar-refractivity contribution in [2.24, 2.45) is 0 Å². The summed E-state index contributed by atoms with van der Waals surface area (Å²) in [5, 5.41) is 4.49. The lowest BCUT2D eigenvalue weighted by atomic mass is 10.1. The van der Waals surface area contributed by atoms with Gasteiger partial charge in [-0.15, -0.1) is 0 Å².